The first-order chi connectivity index (χ1) is 11.4. The van der Waals surface area contributed by atoms with E-state index >= 15 is 0 Å². The summed E-state index contributed by atoms with van der Waals surface area (Å²) in [5.41, 5.74) is 1.32. The van der Waals surface area contributed by atoms with Crippen LogP contribution >= 0.6 is 0 Å². The maximum atomic E-state index is 6.07. The lowest BCUT2D eigenvalue weighted by molar-refractivity contribution is 0.0571. The smallest absolute Gasteiger partial charge is 0.161 e. The zero-order valence-electron chi connectivity index (χ0n) is 13.2. The van der Waals surface area contributed by atoms with Crippen LogP contribution in [0.1, 0.15) is 0 Å². The van der Waals surface area contributed by atoms with E-state index in [0.29, 0.717) is 6.61 Å². The summed E-state index contributed by atoms with van der Waals surface area (Å²) >= 11 is 0. The molecule has 0 N–H and O–H groups in total. The van der Waals surface area contributed by atoms with Gasteiger partial charge >= 0.3 is 0 Å². The molecule has 2 aliphatic heterocycles. The van der Waals surface area contributed by atoms with Crippen LogP contribution in [0.2, 0.25) is 0 Å². The standard InChI is InChI=1S/C19H22N2O2/c1-2-6-16(7-3-1)21-12-10-20(11-13-21)14-17-15-22-18-8-4-5-9-19(18)23-17/h1-9,17H,10-15H2. The van der Waals surface area contributed by atoms with E-state index in [2.05, 4.69) is 40.1 Å². The molecule has 1 atom stereocenters. The second-order valence-corrected chi connectivity index (χ2v) is 6.12. The van der Waals surface area contributed by atoms with Gasteiger partial charge in [-0.05, 0) is 24.3 Å². The normalized spacial score (nSPS) is 21.2. The maximum absolute atomic E-state index is 6.07. The van der Waals surface area contributed by atoms with Gasteiger partial charge < -0.3 is 14.4 Å². The predicted octanol–water partition coefficient (Wildman–Crippen LogP) is 2.65. The molecule has 2 aromatic carbocycles. The molecule has 0 amide bonds. The Hall–Kier alpha value is -2.20. The number of fused-ring (bicyclic) bond motifs is 1. The van der Waals surface area contributed by atoms with Gasteiger partial charge in [-0.1, -0.05) is 30.3 Å². The lowest BCUT2D eigenvalue weighted by Crippen LogP contribution is -2.50. The molecule has 1 fully saturated rings. The van der Waals surface area contributed by atoms with E-state index < -0.39 is 0 Å². The van der Waals surface area contributed by atoms with E-state index in [-0.39, 0.29) is 6.10 Å². The lowest BCUT2D eigenvalue weighted by Gasteiger charge is -2.38. The lowest BCUT2D eigenvalue weighted by atomic mass is 10.2. The average Bonchev–Trinajstić information content (AvgIpc) is 2.63. The van der Waals surface area contributed by atoms with Crippen molar-refractivity contribution in [1.29, 1.82) is 0 Å². The van der Waals surface area contributed by atoms with Crippen molar-refractivity contribution in [2.24, 2.45) is 0 Å². The summed E-state index contributed by atoms with van der Waals surface area (Å²) in [4.78, 5) is 4.92. The topological polar surface area (TPSA) is 24.9 Å². The number of para-hydroxylation sites is 3. The van der Waals surface area contributed by atoms with Gasteiger partial charge in [0.1, 0.15) is 12.7 Å². The van der Waals surface area contributed by atoms with Crippen LogP contribution in [0.15, 0.2) is 54.6 Å². The molecule has 1 unspecified atom stereocenters. The second kappa shape index (κ2) is 6.50. The predicted molar refractivity (Wildman–Crippen MR) is 91.4 cm³/mol. The van der Waals surface area contributed by atoms with Gasteiger partial charge in [-0.3, -0.25) is 4.90 Å². The molecule has 2 heterocycles. The Morgan fingerprint density at radius 3 is 2.30 bits per heavy atom. The van der Waals surface area contributed by atoms with Gasteiger partial charge in [-0.25, -0.2) is 0 Å². The molecule has 4 nitrogen and oxygen atoms in total. The number of anilines is 1. The number of rotatable bonds is 3. The largest absolute Gasteiger partial charge is 0.486 e. The van der Waals surface area contributed by atoms with Crippen LogP contribution in [-0.4, -0.2) is 50.3 Å². The molecule has 2 aliphatic rings. The third-order valence-corrected chi connectivity index (χ3v) is 4.52. The van der Waals surface area contributed by atoms with E-state index in [1.165, 1.54) is 5.69 Å². The summed E-state index contributed by atoms with van der Waals surface area (Å²) < 4.78 is 11.9. The minimum Gasteiger partial charge on any atom is -0.486 e. The minimum absolute atomic E-state index is 0.119. The Balaban J connectivity index is 1.30. The fraction of sp³-hybridized carbons (Fsp3) is 0.368. The first kappa shape index (κ1) is 14.4. The maximum Gasteiger partial charge on any atom is 0.161 e. The fourth-order valence-corrected chi connectivity index (χ4v) is 3.27. The Bertz CT molecular complexity index is 639. The van der Waals surface area contributed by atoms with Crippen molar-refractivity contribution in [2.45, 2.75) is 6.10 Å². The molecule has 4 heteroatoms. The van der Waals surface area contributed by atoms with Crippen molar-refractivity contribution < 1.29 is 9.47 Å². The quantitative estimate of drug-likeness (QED) is 0.870. The molecule has 2 aromatic rings. The number of hydrogen-bond acceptors (Lipinski definition) is 4. The van der Waals surface area contributed by atoms with Crippen LogP contribution in [0, 0.1) is 0 Å². The summed E-state index contributed by atoms with van der Waals surface area (Å²) in [7, 11) is 0. The van der Waals surface area contributed by atoms with E-state index in [4.69, 9.17) is 9.47 Å². The number of ether oxygens (including phenoxy) is 2. The summed E-state index contributed by atoms with van der Waals surface area (Å²) in [6.07, 6.45) is 0.119. The van der Waals surface area contributed by atoms with Crippen LogP contribution in [0.4, 0.5) is 5.69 Å². The first-order valence-electron chi connectivity index (χ1n) is 8.29. The molecule has 0 spiro atoms. The molecule has 0 saturated carbocycles. The van der Waals surface area contributed by atoms with Crippen LogP contribution in [0.5, 0.6) is 11.5 Å². The highest BCUT2D eigenvalue weighted by molar-refractivity contribution is 5.46. The molecule has 0 aromatic heterocycles. The zero-order chi connectivity index (χ0) is 15.5. The number of piperazine rings is 1. The minimum atomic E-state index is 0.119. The molecule has 4 rings (SSSR count). The SMILES string of the molecule is c1ccc(N2CCN(CC3COc4ccccc4O3)CC2)cc1. The van der Waals surface area contributed by atoms with E-state index in [9.17, 15) is 0 Å². The van der Waals surface area contributed by atoms with Gasteiger partial charge in [0.05, 0.1) is 0 Å². The van der Waals surface area contributed by atoms with Crippen molar-refractivity contribution in [3.05, 3.63) is 54.6 Å². The highest BCUT2D eigenvalue weighted by Crippen LogP contribution is 2.31. The third kappa shape index (κ3) is 3.27. The molecule has 0 radical (unpaired) electrons. The molecule has 23 heavy (non-hydrogen) atoms. The van der Waals surface area contributed by atoms with E-state index in [0.717, 1.165) is 44.2 Å². The summed E-state index contributed by atoms with van der Waals surface area (Å²) in [5.74, 6) is 1.73. The van der Waals surface area contributed by atoms with Crippen LogP contribution in [0.3, 0.4) is 0 Å². The van der Waals surface area contributed by atoms with Gasteiger partial charge in [0.15, 0.2) is 11.5 Å². The first-order valence-corrected chi connectivity index (χ1v) is 8.29. The summed E-state index contributed by atoms with van der Waals surface area (Å²) in [5, 5.41) is 0. The number of hydrogen-bond donors (Lipinski definition) is 0. The van der Waals surface area contributed by atoms with Gasteiger partial charge in [-0.15, -0.1) is 0 Å². The van der Waals surface area contributed by atoms with Crippen molar-refractivity contribution in [3.8, 4) is 11.5 Å². The Kier molecular flexibility index (Phi) is 4.07. The fourth-order valence-electron chi connectivity index (χ4n) is 3.27. The highest BCUT2D eigenvalue weighted by Gasteiger charge is 2.25. The molecule has 0 bridgehead atoms. The van der Waals surface area contributed by atoms with Crippen LogP contribution < -0.4 is 14.4 Å². The molecular formula is C19H22N2O2. The zero-order valence-corrected chi connectivity index (χ0v) is 13.2. The number of nitrogens with zero attached hydrogens (tertiary/aromatic N) is 2. The van der Waals surface area contributed by atoms with Gasteiger partial charge in [-0.2, -0.15) is 0 Å². The van der Waals surface area contributed by atoms with Crippen molar-refractivity contribution in [3.63, 3.8) is 0 Å². The Morgan fingerprint density at radius 1 is 0.826 bits per heavy atom. The Labute approximate surface area is 137 Å². The third-order valence-electron chi connectivity index (χ3n) is 4.52. The van der Waals surface area contributed by atoms with Crippen molar-refractivity contribution in [2.75, 3.05) is 44.2 Å². The monoisotopic (exact) mass is 310 g/mol. The van der Waals surface area contributed by atoms with Crippen LogP contribution in [0.25, 0.3) is 0 Å². The second-order valence-electron chi connectivity index (χ2n) is 6.12. The molecule has 1 saturated heterocycles. The van der Waals surface area contributed by atoms with Gasteiger partial charge in [0.2, 0.25) is 0 Å². The van der Waals surface area contributed by atoms with E-state index in [1.807, 2.05) is 24.3 Å². The van der Waals surface area contributed by atoms with Gasteiger partial charge in [0, 0.05) is 38.4 Å². The summed E-state index contributed by atoms with van der Waals surface area (Å²) in [6, 6.07) is 18.6. The summed E-state index contributed by atoms with van der Waals surface area (Å²) in [6.45, 7) is 5.82. The van der Waals surface area contributed by atoms with Crippen molar-refractivity contribution >= 4 is 5.69 Å². The average molecular weight is 310 g/mol. The molecular weight excluding hydrogens is 288 g/mol. The van der Waals surface area contributed by atoms with E-state index in [1.54, 1.807) is 0 Å². The van der Waals surface area contributed by atoms with Crippen molar-refractivity contribution in [1.82, 2.24) is 4.90 Å². The number of benzene rings is 2. The van der Waals surface area contributed by atoms with Gasteiger partial charge in [0.25, 0.3) is 0 Å². The van der Waals surface area contributed by atoms with Crippen LogP contribution in [-0.2, 0) is 0 Å². The molecule has 120 valence electrons. The molecule has 0 aliphatic carbocycles. The highest BCUT2D eigenvalue weighted by atomic mass is 16.6. The Morgan fingerprint density at radius 2 is 1.52 bits per heavy atom.